The van der Waals surface area contributed by atoms with Crippen molar-refractivity contribution in [2.75, 3.05) is 11.4 Å². The molecule has 1 aromatic heterocycles. The maximum atomic E-state index is 13.4. The summed E-state index contributed by atoms with van der Waals surface area (Å²) in [5.74, 6) is 1.52. The number of carbonyl (C=O) groups is 1. The van der Waals surface area contributed by atoms with Crippen molar-refractivity contribution in [2.24, 2.45) is 11.3 Å². The summed E-state index contributed by atoms with van der Waals surface area (Å²) in [6, 6.07) is 7.06. The Morgan fingerprint density at radius 2 is 2.03 bits per heavy atom. The van der Waals surface area contributed by atoms with Crippen molar-refractivity contribution < 1.29 is 9.53 Å². The predicted molar refractivity (Wildman–Crippen MR) is 123 cm³/mol. The van der Waals surface area contributed by atoms with E-state index in [9.17, 15) is 4.79 Å². The number of aromatic amines is 1. The van der Waals surface area contributed by atoms with Gasteiger partial charge in [-0.25, -0.2) is 9.78 Å². The Hall–Kier alpha value is -2.50. The number of hydrogen-bond acceptors (Lipinski definition) is 4. The minimum absolute atomic E-state index is 0.186. The lowest BCUT2D eigenvalue weighted by atomic mass is 9.41. The van der Waals surface area contributed by atoms with Gasteiger partial charge in [-0.15, -0.1) is 0 Å². The van der Waals surface area contributed by atoms with Crippen LogP contribution in [0.4, 0.5) is 10.5 Å². The van der Waals surface area contributed by atoms with Crippen LogP contribution in [-0.4, -0.2) is 39.1 Å². The largest absolute Gasteiger partial charge is 0.444 e. The van der Waals surface area contributed by atoms with Gasteiger partial charge in [-0.05, 0) is 87.3 Å². The number of amides is 1. The van der Waals surface area contributed by atoms with Crippen LogP contribution >= 0.6 is 0 Å². The monoisotopic (exact) mass is 434 g/mol. The number of anilines is 1. The summed E-state index contributed by atoms with van der Waals surface area (Å²) in [5, 5.41) is 0. The van der Waals surface area contributed by atoms with Crippen LogP contribution in [0.2, 0.25) is 0 Å². The first kappa shape index (κ1) is 20.1. The summed E-state index contributed by atoms with van der Waals surface area (Å²) in [6.45, 7) is 8.00. The van der Waals surface area contributed by atoms with Gasteiger partial charge in [0.25, 0.3) is 0 Å². The molecule has 2 heterocycles. The number of fused-ring (bicyclic) bond motifs is 1. The lowest BCUT2D eigenvalue weighted by Crippen LogP contribution is -2.66. The second kappa shape index (κ2) is 7.00. The highest BCUT2D eigenvalue weighted by Gasteiger charge is 2.62. The molecule has 0 radical (unpaired) electrons. The van der Waals surface area contributed by atoms with Crippen LogP contribution in [-0.2, 0) is 17.8 Å². The van der Waals surface area contributed by atoms with Gasteiger partial charge in [0, 0.05) is 18.4 Å². The highest BCUT2D eigenvalue weighted by Crippen LogP contribution is 2.67. The van der Waals surface area contributed by atoms with Gasteiger partial charge < -0.3 is 19.5 Å². The third kappa shape index (κ3) is 3.39. The third-order valence-corrected chi connectivity index (χ3v) is 7.97. The average Bonchev–Trinajstić information content (AvgIpc) is 3.39. The molecule has 170 valence electrons. The molecule has 1 atom stereocenters. The fourth-order valence-electron chi connectivity index (χ4n) is 6.23. The van der Waals surface area contributed by atoms with E-state index in [-0.39, 0.29) is 6.09 Å². The second-order valence-electron chi connectivity index (χ2n) is 11.5. The van der Waals surface area contributed by atoms with Crippen LogP contribution in [0.5, 0.6) is 0 Å². The summed E-state index contributed by atoms with van der Waals surface area (Å²) in [6.07, 6.45) is 9.87. The molecule has 32 heavy (non-hydrogen) atoms. The molecule has 1 aliphatic heterocycles. The highest BCUT2D eigenvalue weighted by atomic mass is 16.6. The van der Waals surface area contributed by atoms with Crippen molar-refractivity contribution in [2.45, 2.75) is 83.5 Å². The molecule has 7 rings (SSSR count). The molecule has 1 aromatic carbocycles. The Morgan fingerprint density at radius 1 is 1.25 bits per heavy atom. The van der Waals surface area contributed by atoms with E-state index >= 15 is 0 Å². The summed E-state index contributed by atoms with van der Waals surface area (Å²) < 4.78 is 5.88. The van der Waals surface area contributed by atoms with E-state index in [4.69, 9.17) is 4.74 Å². The molecule has 2 aromatic rings. The molecule has 6 nitrogen and oxygen atoms in total. The standard InChI is InChI=1S/C26H34N4O2/c1-25(2,3)32-24(31)29-14-21-20(18-7-8-18)5-4-6-22(21)30(13-19-12-27-16-28-19)23(15-29)26-9-17(10-26)11-26/h4-6,12,16-18,23H,7-11,13-15H2,1-3H3,(H,27,28). The zero-order valence-electron chi connectivity index (χ0n) is 19.4. The highest BCUT2D eigenvalue weighted by molar-refractivity contribution is 5.71. The van der Waals surface area contributed by atoms with Gasteiger partial charge in [-0.2, -0.15) is 0 Å². The Labute approximate surface area is 190 Å². The number of nitrogens with one attached hydrogen (secondary N) is 1. The zero-order chi connectivity index (χ0) is 22.1. The smallest absolute Gasteiger partial charge is 0.410 e. The van der Waals surface area contributed by atoms with Crippen molar-refractivity contribution in [1.29, 1.82) is 0 Å². The molecular weight excluding hydrogens is 400 g/mol. The molecule has 4 fully saturated rings. The fourth-order valence-corrected chi connectivity index (χ4v) is 6.23. The Morgan fingerprint density at radius 3 is 2.62 bits per heavy atom. The van der Waals surface area contributed by atoms with Gasteiger partial charge in [0.15, 0.2) is 0 Å². The van der Waals surface area contributed by atoms with Crippen molar-refractivity contribution in [3.05, 3.63) is 47.5 Å². The number of H-pyrrole nitrogens is 1. The van der Waals surface area contributed by atoms with Crippen LogP contribution in [0.25, 0.3) is 0 Å². The SMILES string of the molecule is CC(C)(C)OC(=O)N1Cc2c(C3CC3)cccc2N(Cc2cnc[nH]2)C(C23CC(C2)C3)C1. The molecule has 1 amide bonds. The molecule has 0 spiro atoms. The summed E-state index contributed by atoms with van der Waals surface area (Å²) in [7, 11) is 0. The van der Waals surface area contributed by atoms with E-state index in [1.807, 2.05) is 31.9 Å². The van der Waals surface area contributed by atoms with Crippen LogP contribution in [0, 0.1) is 11.3 Å². The lowest BCUT2D eigenvalue weighted by Gasteiger charge is -2.67. The first-order chi connectivity index (χ1) is 15.3. The van der Waals surface area contributed by atoms with Crippen LogP contribution in [0.3, 0.4) is 0 Å². The number of ether oxygens (including phenoxy) is 1. The molecule has 6 heteroatoms. The Bertz CT molecular complexity index is 1000. The maximum absolute atomic E-state index is 13.4. The normalized spacial score (nSPS) is 29.0. The zero-order valence-corrected chi connectivity index (χ0v) is 19.4. The lowest BCUT2D eigenvalue weighted by molar-refractivity contribution is -0.130. The van der Waals surface area contributed by atoms with E-state index in [0.29, 0.717) is 30.5 Å². The van der Waals surface area contributed by atoms with Crippen molar-refractivity contribution in [1.82, 2.24) is 14.9 Å². The Kier molecular flexibility index (Phi) is 4.40. The van der Waals surface area contributed by atoms with E-state index in [1.54, 1.807) is 6.33 Å². The van der Waals surface area contributed by atoms with Gasteiger partial charge in [-0.3, -0.25) is 0 Å². The number of imidazole rings is 1. The van der Waals surface area contributed by atoms with E-state index in [1.165, 1.54) is 48.9 Å². The minimum atomic E-state index is -0.496. The van der Waals surface area contributed by atoms with Gasteiger partial charge in [-0.1, -0.05) is 12.1 Å². The van der Waals surface area contributed by atoms with Crippen molar-refractivity contribution in [3.8, 4) is 0 Å². The molecule has 1 N–H and O–H groups in total. The van der Waals surface area contributed by atoms with Gasteiger partial charge in [0.2, 0.25) is 0 Å². The number of carbonyl (C=O) groups excluding carboxylic acids is 1. The predicted octanol–water partition coefficient (Wildman–Crippen LogP) is 5.21. The van der Waals surface area contributed by atoms with E-state index < -0.39 is 5.60 Å². The quantitative estimate of drug-likeness (QED) is 0.717. The third-order valence-electron chi connectivity index (χ3n) is 7.97. The van der Waals surface area contributed by atoms with E-state index in [2.05, 4.69) is 33.1 Å². The second-order valence-corrected chi connectivity index (χ2v) is 11.5. The summed E-state index contributed by atoms with van der Waals surface area (Å²) >= 11 is 0. The number of benzene rings is 1. The first-order valence-corrected chi connectivity index (χ1v) is 12.1. The molecule has 4 aliphatic carbocycles. The molecule has 0 saturated heterocycles. The molecule has 4 saturated carbocycles. The van der Waals surface area contributed by atoms with Crippen LogP contribution in [0.15, 0.2) is 30.7 Å². The number of nitrogens with zero attached hydrogens (tertiary/aromatic N) is 3. The van der Waals surface area contributed by atoms with Gasteiger partial charge >= 0.3 is 6.09 Å². The topological polar surface area (TPSA) is 61.5 Å². The summed E-state index contributed by atoms with van der Waals surface area (Å²) in [4.78, 5) is 25.5. The maximum Gasteiger partial charge on any atom is 0.410 e. The van der Waals surface area contributed by atoms with Crippen LogP contribution in [0.1, 0.15) is 75.6 Å². The van der Waals surface area contributed by atoms with Crippen molar-refractivity contribution in [3.63, 3.8) is 0 Å². The van der Waals surface area contributed by atoms with Crippen LogP contribution < -0.4 is 4.90 Å². The first-order valence-electron chi connectivity index (χ1n) is 12.1. The molecule has 2 bridgehead atoms. The molecule has 5 aliphatic rings. The van der Waals surface area contributed by atoms with Gasteiger partial charge in [0.05, 0.1) is 31.2 Å². The van der Waals surface area contributed by atoms with E-state index in [0.717, 1.165) is 18.2 Å². The van der Waals surface area contributed by atoms with Crippen molar-refractivity contribution >= 4 is 11.8 Å². The fraction of sp³-hybridized carbons (Fsp3) is 0.615. The Balaban J connectivity index is 1.44. The van der Waals surface area contributed by atoms with Gasteiger partial charge in [0.1, 0.15) is 5.60 Å². The number of hydrogen-bond donors (Lipinski definition) is 1. The molecule has 1 unspecified atom stereocenters. The summed E-state index contributed by atoms with van der Waals surface area (Å²) in [5.41, 5.74) is 4.98. The average molecular weight is 435 g/mol. The number of rotatable bonds is 4. The molecular formula is C26H34N4O2. The number of aromatic nitrogens is 2. The minimum Gasteiger partial charge on any atom is -0.444 e.